The number of aromatic nitrogens is 12. The average molecular weight is 1420 g/mol. The van der Waals surface area contributed by atoms with Gasteiger partial charge in [0.25, 0.3) is 0 Å². The van der Waals surface area contributed by atoms with Crippen LogP contribution >= 0.6 is 0 Å². The van der Waals surface area contributed by atoms with E-state index in [0.29, 0.717) is 0 Å². The molecule has 0 saturated carbocycles. The van der Waals surface area contributed by atoms with Gasteiger partial charge in [-0.2, -0.15) is 0 Å². The molecule has 0 aliphatic rings. The minimum atomic E-state index is 0.792. The molecule has 0 radical (unpaired) electrons. The topological polar surface area (TPSA) is 147 Å². The first-order valence-electron chi connectivity index (χ1n) is 36.7. The summed E-state index contributed by atoms with van der Waals surface area (Å²) in [6.45, 7) is 64.1. The van der Waals surface area contributed by atoms with Crippen LogP contribution in [0.4, 0.5) is 0 Å². The summed E-state index contributed by atoms with van der Waals surface area (Å²) in [6, 6.07) is 46.2. The first-order chi connectivity index (χ1) is 49.9. The van der Waals surface area contributed by atoms with Crippen LogP contribution in [0.15, 0.2) is 158 Å². The van der Waals surface area contributed by atoms with E-state index in [0.717, 1.165) is 81.0 Å². The molecule has 12 heteroatoms. The van der Waals surface area contributed by atoms with Gasteiger partial charge in [-0.25, -0.2) is 34.9 Å². The third-order valence-corrected chi connectivity index (χ3v) is 18.9. The molecule has 13 aromatic rings. The van der Waals surface area contributed by atoms with Crippen LogP contribution < -0.4 is 0 Å². The molecule has 0 amide bonds. The predicted molar refractivity (Wildman–Crippen MR) is 452 cm³/mol. The Morgan fingerprint density at radius 3 is 0.896 bits per heavy atom. The Morgan fingerprint density at radius 2 is 0.594 bits per heavy atom. The molecule has 5 aromatic carbocycles. The van der Waals surface area contributed by atoms with Crippen molar-refractivity contribution in [3.63, 3.8) is 0 Å². The molecule has 106 heavy (non-hydrogen) atoms. The van der Waals surface area contributed by atoms with Gasteiger partial charge in [0, 0.05) is 98.7 Å². The van der Waals surface area contributed by atoms with Crippen LogP contribution in [0.1, 0.15) is 182 Å². The standard InChI is InChI=1S/C13H11N.C12H18.C9H12.4C8H11N.C8H10.2C7H10N2.C6H9N3/c1-14-12-8-4-2-6-10(12)11-7-3-5-9-13(11)14;1-7-8(2)10(4)12(6)11(5)9(7)3;1-7-5-4-6-8(2)9(7)3;1-6-4-9-5-7(2)8(6)3;2*1-6-4-7(2)9-8(3)5-6;1-6-4-5-9-8(3)7(6)2;1-2-8-6-4-3-5-7-8;1-5-6(2)8-4-9-7(5)3;1-5-4-6(2)9-7(3)8-5;1-4-7-5(2)9-6(3)8-4/h2-9H,1H3;1-6H3;4-6H,1-3H3;4*4-5H,1-3H3;3-7H,2H2,1H3;2*4H,1-3H3;1-3H3. The van der Waals surface area contributed by atoms with Gasteiger partial charge in [-0.05, 0) is 363 Å². The number of hydrogen-bond acceptors (Lipinski definition) is 11. The quantitative estimate of drug-likeness (QED) is 0.155. The number of aryl methyl sites for hydroxylation is 22. The molecule has 0 atom stereocenters. The Balaban J connectivity index is 0.000000304. The SMILES string of the molecule is CCc1ccccc1.Cc1c(C)c(C)c(C)c(C)c1C.Cc1cc(C)nc(C)c1.Cc1cc(C)nc(C)c1.Cc1cc(C)nc(C)n1.Cc1cccc(C)c1C.Cc1ccnc(C)c1C.Cc1cncc(C)c1C.Cc1nc(C)nc(C)n1.Cc1ncnc(C)c1C.Cn1c2ccccc2c2ccccc21. The zero-order valence-electron chi connectivity index (χ0n) is 70.6. The molecular weight excluding hydrogens is 1300 g/mol. The maximum Gasteiger partial charge on any atom is 0.129 e. The maximum atomic E-state index is 4.23. The van der Waals surface area contributed by atoms with Crippen LogP contribution in [0.2, 0.25) is 0 Å². The van der Waals surface area contributed by atoms with E-state index in [1.165, 1.54) is 122 Å². The van der Waals surface area contributed by atoms with Crippen LogP contribution in [0, 0.1) is 208 Å². The molecule has 0 aliphatic heterocycles. The summed E-state index contributed by atoms with van der Waals surface area (Å²) in [5.41, 5.74) is 37.0. The summed E-state index contributed by atoms with van der Waals surface area (Å²) in [6.07, 6.45) is 8.36. The summed E-state index contributed by atoms with van der Waals surface area (Å²) in [4.78, 5) is 45.0. The lowest BCUT2D eigenvalue weighted by atomic mass is 9.90. The van der Waals surface area contributed by atoms with E-state index >= 15 is 0 Å². The monoisotopic (exact) mass is 1420 g/mol. The fourth-order valence-electron chi connectivity index (χ4n) is 11.4. The van der Waals surface area contributed by atoms with Gasteiger partial charge in [-0.15, -0.1) is 0 Å². The van der Waals surface area contributed by atoms with Crippen molar-refractivity contribution in [3.05, 3.63) is 333 Å². The minimum absolute atomic E-state index is 0.792. The molecule has 0 bridgehead atoms. The van der Waals surface area contributed by atoms with Gasteiger partial charge < -0.3 is 4.57 Å². The van der Waals surface area contributed by atoms with E-state index in [-0.39, 0.29) is 0 Å². The summed E-state index contributed by atoms with van der Waals surface area (Å²) < 4.78 is 2.24. The number of nitrogens with zero attached hydrogens (tertiary/aromatic N) is 12. The Bertz CT molecular complexity index is 4050. The van der Waals surface area contributed by atoms with Gasteiger partial charge in [0.2, 0.25) is 0 Å². The smallest absolute Gasteiger partial charge is 0.129 e. The van der Waals surface area contributed by atoms with Gasteiger partial charge >= 0.3 is 0 Å². The molecule has 12 nitrogen and oxygen atoms in total. The van der Waals surface area contributed by atoms with Crippen molar-refractivity contribution in [2.45, 2.75) is 221 Å². The minimum Gasteiger partial charge on any atom is -0.344 e. The Labute approximate surface area is 638 Å². The molecule has 0 N–H and O–H groups in total. The van der Waals surface area contributed by atoms with Crippen molar-refractivity contribution < 1.29 is 0 Å². The predicted octanol–water partition coefficient (Wildman–Crippen LogP) is 23.4. The Hall–Kier alpha value is -10.3. The van der Waals surface area contributed by atoms with Crippen LogP contribution in [-0.4, -0.2) is 59.4 Å². The van der Waals surface area contributed by atoms with Crippen LogP contribution in [0.5, 0.6) is 0 Å². The largest absolute Gasteiger partial charge is 0.344 e. The van der Waals surface area contributed by atoms with E-state index in [9.17, 15) is 0 Å². The zero-order valence-corrected chi connectivity index (χ0v) is 70.6. The fraction of sp³-hybridized carbons (Fsp3) is 0.351. The highest BCUT2D eigenvalue weighted by molar-refractivity contribution is 6.07. The lowest BCUT2D eigenvalue weighted by Crippen LogP contribution is -1.98. The normalized spacial score (nSPS) is 9.92. The van der Waals surface area contributed by atoms with Gasteiger partial charge in [0.15, 0.2) is 0 Å². The Morgan fingerprint density at radius 1 is 0.274 bits per heavy atom. The summed E-state index contributed by atoms with van der Waals surface area (Å²) in [7, 11) is 2.12. The molecule has 0 aliphatic carbocycles. The molecule has 0 unspecified atom stereocenters. The van der Waals surface area contributed by atoms with Gasteiger partial charge in [0.05, 0.1) is 0 Å². The van der Waals surface area contributed by atoms with Crippen molar-refractivity contribution in [3.8, 4) is 0 Å². The van der Waals surface area contributed by atoms with Gasteiger partial charge in [0.1, 0.15) is 29.6 Å². The summed E-state index contributed by atoms with van der Waals surface area (Å²) in [5.74, 6) is 3.23. The third kappa shape index (κ3) is 30.8. The second kappa shape index (κ2) is 45.1. The van der Waals surface area contributed by atoms with Crippen LogP contribution in [0.25, 0.3) is 21.8 Å². The number of para-hydroxylation sites is 2. The van der Waals surface area contributed by atoms with E-state index < -0.39 is 0 Å². The molecule has 0 fully saturated rings. The molecular formula is C94H124N12. The van der Waals surface area contributed by atoms with Crippen molar-refractivity contribution in [1.82, 2.24) is 59.4 Å². The van der Waals surface area contributed by atoms with Crippen molar-refractivity contribution in [2.75, 3.05) is 0 Å². The molecule has 8 aromatic heterocycles. The molecule has 0 saturated heterocycles. The lowest BCUT2D eigenvalue weighted by Gasteiger charge is -2.15. The fourth-order valence-corrected chi connectivity index (χ4v) is 11.4. The highest BCUT2D eigenvalue weighted by atomic mass is 15.0. The molecule has 8 heterocycles. The third-order valence-electron chi connectivity index (χ3n) is 18.9. The summed E-state index contributed by atoms with van der Waals surface area (Å²) in [5, 5.41) is 2.68. The average Bonchev–Trinajstić information content (AvgIpc) is 1.62. The lowest BCUT2D eigenvalue weighted by molar-refractivity contribution is 0.875. The second-order valence-electron chi connectivity index (χ2n) is 27.6. The van der Waals surface area contributed by atoms with Gasteiger partial charge in [-0.3, -0.25) is 19.9 Å². The van der Waals surface area contributed by atoms with E-state index in [1.54, 1.807) is 6.33 Å². The number of fused-ring (bicyclic) bond motifs is 3. The van der Waals surface area contributed by atoms with Crippen molar-refractivity contribution in [1.29, 1.82) is 0 Å². The van der Waals surface area contributed by atoms with E-state index in [4.69, 9.17) is 0 Å². The summed E-state index contributed by atoms with van der Waals surface area (Å²) >= 11 is 0. The highest BCUT2D eigenvalue weighted by Gasteiger charge is 2.09. The molecule has 13 rings (SSSR count). The van der Waals surface area contributed by atoms with Crippen molar-refractivity contribution in [2.24, 2.45) is 7.05 Å². The maximum absolute atomic E-state index is 4.23. The van der Waals surface area contributed by atoms with Gasteiger partial charge in [-0.1, -0.05) is 91.9 Å². The highest BCUT2D eigenvalue weighted by Crippen LogP contribution is 2.28. The first-order valence-corrected chi connectivity index (χ1v) is 36.7. The number of benzene rings is 5. The van der Waals surface area contributed by atoms with Crippen LogP contribution in [-0.2, 0) is 13.5 Å². The zero-order chi connectivity index (χ0) is 79.7. The van der Waals surface area contributed by atoms with E-state index in [2.05, 4.69) is 299 Å². The van der Waals surface area contributed by atoms with E-state index in [1.807, 2.05) is 134 Å². The number of hydrogen-bond donors (Lipinski definition) is 0. The van der Waals surface area contributed by atoms with Crippen LogP contribution in [0.3, 0.4) is 0 Å². The first kappa shape index (κ1) is 89.9. The molecule has 0 spiro atoms. The number of rotatable bonds is 1. The van der Waals surface area contributed by atoms with Crippen molar-refractivity contribution >= 4 is 21.8 Å². The molecule has 560 valence electrons. The second-order valence-corrected chi connectivity index (χ2v) is 27.6. The Kier molecular flexibility index (Phi) is 38.3. The number of pyridine rings is 4.